The number of aryl methyl sites for hydroxylation is 1. The van der Waals surface area contributed by atoms with E-state index in [9.17, 15) is 23.8 Å². The maximum atomic E-state index is 12.1. The van der Waals surface area contributed by atoms with Crippen LogP contribution in [-0.4, -0.2) is 70.4 Å². The number of alkyl carbamates (subject to hydrolysis) is 1. The van der Waals surface area contributed by atoms with Crippen molar-refractivity contribution < 1.29 is 33.3 Å². The molecule has 0 fully saturated rings. The lowest BCUT2D eigenvalue weighted by molar-refractivity contribution is -0.137. The van der Waals surface area contributed by atoms with E-state index in [1.54, 1.807) is 54.0 Å². The highest BCUT2D eigenvalue weighted by atomic mass is 32.3. The van der Waals surface area contributed by atoms with E-state index in [2.05, 4.69) is 15.6 Å². The van der Waals surface area contributed by atoms with Gasteiger partial charge in [0.1, 0.15) is 27.9 Å². The number of para-hydroxylation sites is 1. The van der Waals surface area contributed by atoms with Crippen LogP contribution in [0.15, 0.2) is 65.6 Å². The number of hydrogen-bond acceptors (Lipinski definition) is 9. The normalized spacial score (nSPS) is 17.8. The van der Waals surface area contributed by atoms with E-state index in [0.717, 1.165) is 27.8 Å². The Morgan fingerprint density at radius 3 is 2.57 bits per heavy atom. The van der Waals surface area contributed by atoms with Crippen LogP contribution in [0.3, 0.4) is 0 Å². The van der Waals surface area contributed by atoms with Crippen LogP contribution in [0, 0.1) is 6.92 Å². The lowest BCUT2D eigenvalue weighted by atomic mass is 9.86. The third-order valence-corrected chi connectivity index (χ3v) is 9.65. The van der Waals surface area contributed by atoms with E-state index >= 15 is 0 Å². The second kappa shape index (κ2) is 13.3. The molecule has 0 saturated heterocycles. The summed E-state index contributed by atoms with van der Waals surface area (Å²) in [6.07, 6.45) is -0.952. The Bertz CT molecular complexity index is 1740. The Balaban J connectivity index is 1.39. The van der Waals surface area contributed by atoms with Crippen LogP contribution in [0.2, 0.25) is 0 Å². The number of fused-ring (bicyclic) bond motifs is 2. The number of amides is 1. The fraction of sp³-hybridized carbons (Fsp3) is 0.394. The molecule has 0 radical (unpaired) electrons. The zero-order valence-electron chi connectivity index (χ0n) is 26.6. The number of ether oxygens (including phenoxy) is 2. The minimum absolute atomic E-state index is 0.154. The Morgan fingerprint density at radius 1 is 1.11 bits per heavy atom. The van der Waals surface area contributed by atoms with Gasteiger partial charge in [0.25, 0.3) is 0 Å². The molecule has 1 unspecified atom stereocenters. The number of carbonyl (C=O) groups is 2. The first-order chi connectivity index (χ1) is 21.7. The SMILES string of the molecule is Cc1ccc(C(CC(=O)O)c2ccc3c(c2)nnn3CCNC(=O)OC(C)(C)C)cc1CN1C[C@@H](C)Oc2ccccc2S1(O)O. The Kier molecular flexibility index (Phi) is 9.59. The monoisotopic (exact) mass is 651 g/mol. The maximum Gasteiger partial charge on any atom is 0.407 e. The zero-order valence-corrected chi connectivity index (χ0v) is 27.5. The van der Waals surface area contributed by atoms with Crippen LogP contribution in [0.25, 0.3) is 11.0 Å². The van der Waals surface area contributed by atoms with Gasteiger partial charge >= 0.3 is 12.1 Å². The highest BCUT2D eigenvalue weighted by molar-refractivity contribution is 8.22. The largest absolute Gasteiger partial charge is 0.487 e. The summed E-state index contributed by atoms with van der Waals surface area (Å²) in [7, 11) is -3.35. The van der Waals surface area contributed by atoms with E-state index in [1.807, 2.05) is 50.2 Å². The van der Waals surface area contributed by atoms with Gasteiger partial charge in [0, 0.05) is 19.0 Å². The van der Waals surface area contributed by atoms with Crippen LogP contribution >= 0.6 is 10.8 Å². The number of aromatic nitrogens is 3. The van der Waals surface area contributed by atoms with Crippen LogP contribution in [0.4, 0.5) is 4.79 Å². The number of rotatable bonds is 9. The number of nitrogens with zero attached hydrogens (tertiary/aromatic N) is 4. The van der Waals surface area contributed by atoms with Crippen molar-refractivity contribution in [3.8, 4) is 5.75 Å². The summed E-state index contributed by atoms with van der Waals surface area (Å²) in [5.74, 6) is -0.989. The van der Waals surface area contributed by atoms with Crippen LogP contribution in [0.1, 0.15) is 62.3 Å². The van der Waals surface area contributed by atoms with Gasteiger partial charge in [-0.05, 0) is 81.1 Å². The Hall–Kier alpha value is -4.17. The van der Waals surface area contributed by atoms with Crippen molar-refractivity contribution in [1.29, 1.82) is 0 Å². The predicted molar refractivity (Wildman–Crippen MR) is 175 cm³/mol. The predicted octanol–water partition coefficient (Wildman–Crippen LogP) is 6.18. The number of hydrogen-bond donors (Lipinski definition) is 4. The molecule has 1 aliphatic rings. The first-order valence-corrected chi connectivity index (χ1v) is 16.6. The summed E-state index contributed by atoms with van der Waals surface area (Å²) in [5.41, 5.74) is 4.09. The van der Waals surface area contributed by atoms with Gasteiger partial charge in [-0.2, -0.15) is 4.31 Å². The van der Waals surface area contributed by atoms with Gasteiger partial charge in [0.2, 0.25) is 0 Å². The fourth-order valence-corrected chi connectivity index (χ4v) is 7.19. The van der Waals surface area contributed by atoms with Gasteiger partial charge in [-0.1, -0.05) is 41.6 Å². The van der Waals surface area contributed by atoms with Crippen molar-refractivity contribution in [2.75, 3.05) is 13.1 Å². The molecule has 0 bridgehead atoms. The molecule has 3 aromatic carbocycles. The van der Waals surface area contributed by atoms with Gasteiger partial charge < -0.3 is 19.9 Å². The second-order valence-electron chi connectivity index (χ2n) is 12.5. The maximum absolute atomic E-state index is 12.1. The number of benzene rings is 3. The Labute approximate surface area is 269 Å². The summed E-state index contributed by atoms with van der Waals surface area (Å²) in [4.78, 5) is 24.4. The third-order valence-electron chi connectivity index (χ3n) is 7.73. The lowest BCUT2D eigenvalue weighted by Crippen LogP contribution is -2.34. The number of nitrogens with one attached hydrogen (secondary N) is 1. The molecule has 0 spiro atoms. The summed E-state index contributed by atoms with van der Waals surface area (Å²) >= 11 is 0. The second-order valence-corrected chi connectivity index (χ2v) is 14.5. The van der Waals surface area contributed by atoms with Gasteiger partial charge in [0.05, 0.1) is 25.0 Å². The topological polar surface area (TPSA) is 159 Å². The number of carboxylic acid groups (broad SMARTS) is 1. The van der Waals surface area contributed by atoms with Crippen molar-refractivity contribution in [1.82, 2.24) is 24.6 Å². The number of aliphatic carboxylic acids is 1. The summed E-state index contributed by atoms with van der Waals surface area (Å²) in [5, 5.41) is 21.1. The molecular weight excluding hydrogens is 610 g/mol. The molecule has 0 saturated carbocycles. The molecule has 1 amide bonds. The molecule has 5 rings (SSSR count). The van der Waals surface area contributed by atoms with Crippen molar-refractivity contribution in [3.05, 3.63) is 82.9 Å². The Morgan fingerprint density at radius 2 is 1.83 bits per heavy atom. The minimum atomic E-state index is -3.35. The van der Waals surface area contributed by atoms with E-state index < -0.39 is 34.4 Å². The van der Waals surface area contributed by atoms with Gasteiger partial charge in [-0.3, -0.25) is 13.9 Å². The summed E-state index contributed by atoms with van der Waals surface area (Å²) in [6, 6.07) is 18.3. The molecule has 0 aliphatic carbocycles. The molecule has 246 valence electrons. The average Bonchev–Trinajstić information content (AvgIpc) is 3.34. The first kappa shape index (κ1) is 33.2. The number of carboxylic acids is 1. The minimum Gasteiger partial charge on any atom is -0.487 e. The van der Waals surface area contributed by atoms with E-state index in [4.69, 9.17) is 9.47 Å². The molecule has 2 atom stereocenters. The molecule has 12 nitrogen and oxygen atoms in total. The lowest BCUT2D eigenvalue weighted by Gasteiger charge is -2.42. The standard InChI is InChI=1S/C33H41N5O7S/c1-21-10-11-23(16-25(21)20-37-19-22(2)44-29-8-6-7-9-30(29)46(37,42)43)26(18-31(39)40)24-12-13-28-27(17-24)35-36-38(28)15-14-34-32(41)45-33(3,4)5/h6-13,16-17,22,26,42-43H,14-15,18-20H2,1-5H3,(H,34,41)(H,39,40)/t22-,26?/m1/s1. The zero-order chi connectivity index (χ0) is 33.2. The fourth-order valence-electron chi connectivity index (χ4n) is 5.53. The van der Waals surface area contributed by atoms with Crippen LogP contribution < -0.4 is 10.1 Å². The summed E-state index contributed by atoms with van der Waals surface area (Å²) in [6.45, 7) is 10.4. The molecule has 4 N–H and O–H groups in total. The highest BCUT2D eigenvalue weighted by Gasteiger charge is 2.34. The van der Waals surface area contributed by atoms with E-state index in [-0.39, 0.29) is 19.1 Å². The van der Waals surface area contributed by atoms with Crippen LogP contribution in [0.5, 0.6) is 5.75 Å². The molecule has 2 heterocycles. The smallest absolute Gasteiger partial charge is 0.407 e. The van der Waals surface area contributed by atoms with Crippen molar-refractivity contribution >= 4 is 33.9 Å². The number of carbonyl (C=O) groups excluding carboxylic acids is 1. The van der Waals surface area contributed by atoms with Crippen molar-refractivity contribution in [2.45, 2.75) is 76.6 Å². The first-order valence-electron chi connectivity index (χ1n) is 15.1. The third kappa shape index (κ3) is 7.61. The molecular formula is C33H41N5O7S. The van der Waals surface area contributed by atoms with Gasteiger partial charge in [-0.15, -0.1) is 15.9 Å². The van der Waals surface area contributed by atoms with Gasteiger partial charge in [-0.25, -0.2) is 9.48 Å². The molecule has 1 aromatic heterocycles. The quantitative estimate of drug-likeness (QED) is 0.165. The van der Waals surface area contributed by atoms with Crippen LogP contribution in [-0.2, 0) is 22.6 Å². The van der Waals surface area contributed by atoms with Crippen molar-refractivity contribution in [3.63, 3.8) is 0 Å². The highest BCUT2D eigenvalue weighted by Crippen LogP contribution is 2.57. The van der Waals surface area contributed by atoms with E-state index in [1.165, 1.54) is 0 Å². The molecule has 4 aromatic rings. The average molecular weight is 652 g/mol. The van der Waals surface area contributed by atoms with Gasteiger partial charge in [0.15, 0.2) is 0 Å². The molecule has 13 heteroatoms. The van der Waals surface area contributed by atoms with Crippen molar-refractivity contribution in [2.24, 2.45) is 0 Å². The van der Waals surface area contributed by atoms with E-state index in [0.29, 0.717) is 35.8 Å². The molecule has 1 aliphatic heterocycles. The molecule has 46 heavy (non-hydrogen) atoms. The summed E-state index contributed by atoms with van der Waals surface area (Å²) < 4.78 is 37.4.